The molecule has 1 aliphatic heterocycles. The predicted molar refractivity (Wildman–Crippen MR) is 66.6 cm³/mol. The van der Waals surface area contributed by atoms with Crippen molar-refractivity contribution < 1.29 is 4.79 Å². The minimum atomic E-state index is 0.222. The number of rotatable bonds is 2. The predicted octanol–water partition coefficient (Wildman–Crippen LogP) is 3.90. The van der Waals surface area contributed by atoms with Crippen molar-refractivity contribution in [3.05, 3.63) is 20.3 Å². The van der Waals surface area contributed by atoms with Gasteiger partial charge in [-0.2, -0.15) is 11.8 Å². The van der Waals surface area contributed by atoms with Crippen molar-refractivity contribution in [3.63, 3.8) is 0 Å². The van der Waals surface area contributed by atoms with E-state index >= 15 is 0 Å². The van der Waals surface area contributed by atoms with Crippen molar-refractivity contribution in [2.45, 2.75) is 25.0 Å². The van der Waals surface area contributed by atoms with E-state index in [1.54, 1.807) is 23.1 Å². The molecule has 0 spiro atoms. The maximum atomic E-state index is 12.0. The minimum Gasteiger partial charge on any atom is -0.292 e. The van der Waals surface area contributed by atoms with Gasteiger partial charge in [0, 0.05) is 0 Å². The number of aryl methyl sites for hydroxylation is 1. The molecule has 2 rings (SSSR count). The first-order chi connectivity index (χ1) is 6.68. The summed E-state index contributed by atoms with van der Waals surface area (Å²) in [4.78, 5) is 12.9. The van der Waals surface area contributed by atoms with Gasteiger partial charge in [-0.15, -0.1) is 11.3 Å². The Morgan fingerprint density at radius 2 is 2.43 bits per heavy atom. The third-order valence-corrected chi connectivity index (χ3v) is 5.85. The number of carbonyl (C=O) groups is 1. The second-order valence-electron chi connectivity index (χ2n) is 3.43. The quantitative estimate of drug-likeness (QED) is 0.769. The Balaban J connectivity index is 2.18. The summed E-state index contributed by atoms with van der Waals surface area (Å²) in [5, 5.41) is 0.222. The van der Waals surface area contributed by atoms with Crippen molar-refractivity contribution in [3.8, 4) is 0 Å². The molecule has 2 heterocycles. The van der Waals surface area contributed by atoms with Gasteiger partial charge in [-0.1, -0.05) is 0 Å². The summed E-state index contributed by atoms with van der Waals surface area (Å²) < 4.78 is 1.09. The van der Waals surface area contributed by atoms with Gasteiger partial charge >= 0.3 is 0 Å². The maximum Gasteiger partial charge on any atom is 0.185 e. The molecule has 76 valence electrons. The summed E-state index contributed by atoms with van der Waals surface area (Å²) in [6.45, 7) is 2.03. The smallest absolute Gasteiger partial charge is 0.185 e. The Morgan fingerprint density at radius 1 is 1.64 bits per heavy atom. The van der Waals surface area contributed by atoms with Crippen LogP contribution >= 0.6 is 39.0 Å². The van der Waals surface area contributed by atoms with E-state index in [0.29, 0.717) is 5.78 Å². The van der Waals surface area contributed by atoms with Gasteiger partial charge in [-0.3, -0.25) is 4.79 Å². The van der Waals surface area contributed by atoms with E-state index in [0.717, 1.165) is 20.8 Å². The van der Waals surface area contributed by atoms with Crippen LogP contribution in [0.2, 0.25) is 0 Å². The fourth-order valence-corrected chi connectivity index (χ4v) is 4.36. The van der Waals surface area contributed by atoms with Gasteiger partial charge in [-0.25, -0.2) is 0 Å². The van der Waals surface area contributed by atoms with Gasteiger partial charge in [0.25, 0.3) is 0 Å². The van der Waals surface area contributed by atoms with E-state index in [1.807, 2.05) is 13.0 Å². The lowest BCUT2D eigenvalue weighted by Gasteiger charge is -2.03. The highest BCUT2D eigenvalue weighted by molar-refractivity contribution is 9.11. The van der Waals surface area contributed by atoms with Crippen LogP contribution in [0.1, 0.15) is 28.1 Å². The van der Waals surface area contributed by atoms with Crippen LogP contribution in [0, 0.1) is 6.92 Å². The normalized spacial score (nSPS) is 21.4. The molecule has 0 saturated carbocycles. The van der Waals surface area contributed by atoms with Crippen LogP contribution in [0.15, 0.2) is 9.85 Å². The third-order valence-electron chi connectivity index (χ3n) is 2.32. The average Bonchev–Trinajstić information content (AvgIpc) is 2.76. The monoisotopic (exact) mass is 290 g/mol. The largest absolute Gasteiger partial charge is 0.292 e. The lowest BCUT2D eigenvalue weighted by Crippen LogP contribution is -2.12. The van der Waals surface area contributed by atoms with Crippen LogP contribution in [0.3, 0.4) is 0 Å². The summed E-state index contributed by atoms with van der Waals surface area (Å²) in [6.07, 6.45) is 2.24. The highest BCUT2D eigenvalue weighted by Crippen LogP contribution is 2.33. The fraction of sp³-hybridized carbons (Fsp3) is 0.500. The molecular formula is C10H11BrOS2. The number of hydrogen-bond donors (Lipinski definition) is 0. The molecule has 0 aromatic carbocycles. The maximum absolute atomic E-state index is 12.0. The number of thioether (sulfide) groups is 1. The van der Waals surface area contributed by atoms with Crippen molar-refractivity contribution in [1.82, 2.24) is 0 Å². The molecule has 14 heavy (non-hydrogen) atoms. The molecule has 0 amide bonds. The van der Waals surface area contributed by atoms with E-state index < -0.39 is 0 Å². The zero-order valence-corrected chi connectivity index (χ0v) is 11.1. The number of halogens is 1. The zero-order chi connectivity index (χ0) is 10.1. The lowest BCUT2D eigenvalue weighted by molar-refractivity contribution is 0.0992. The van der Waals surface area contributed by atoms with E-state index in [-0.39, 0.29) is 5.25 Å². The minimum absolute atomic E-state index is 0.222. The molecule has 1 aromatic heterocycles. The van der Waals surface area contributed by atoms with Crippen LogP contribution in [-0.4, -0.2) is 16.8 Å². The van der Waals surface area contributed by atoms with E-state index in [4.69, 9.17) is 0 Å². The summed E-state index contributed by atoms with van der Waals surface area (Å²) in [6, 6.07) is 2.00. The van der Waals surface area contributed by atoms with Crippen LogP contribution < -0.4 is 0 Å². The highest BCUT2D eigenvalue weighted by Gasteiger charge is 2.25. The Morgan fingerprint density at radius 3 is 2.93 bits per heavy atom. The van der Waals surface area contributed by atoms with Gasteiger partial charge in [0.05, 0.1) is 13.9 Å². The Hall–Kier alpha value is 0.200. The van der Waals surface area contributed by atoms with Gasteiger partial charge in [0.1, 0.15) is 0 Å². The van der Waals surface area contributed by atoms with Gasteiger partial charge in [-0.05, 0) is 53.1 Å². The molecule has 1 nitrogen and oxygen atoms in total. The second kappa shape index (κ2) is 4.37. The molecule has 0 radical (unpaired) electrons. The molecule has 1 saturated heterocycles. The number of Topliss-reactive ketones (excluding diaryl/α,β-unsaturated/α-hetero) is 1. The molecule has 1 aliphatic rings. The van der Waals surface area contributed by atoms with Crippen molar-refractivity contribution in [1.29, 1.82) is 0 Å². The number of ketones is 1. The van der Waals surface area contributed by atoms with Crippen molar-refractivity contribution in [2.75, 3.05) is 5.75 Å². The standard InChI is InChI=1S/C10H11BrOS2/c1-6-5-8(14-10(6)11)9(12)7-3-2-4-13-7/h5,7H,2-4H2,1H3. The zero-order valence-electron chi connectivity index (χ0n) is 7.88. The first-order valence-corrected chi connectivity index (χ1v) is 7.26. The molecule has 1 fully saturated rings. The molecule has 1 aromatic rings. The number of hydrogen-bond acceptors (Lipinski definition) is 3. The van der Waals surface area contributed by atoms with Crippen LogP contribution in [0.5, 0.6) is 0 Å². The molecule has 0 bridgehead atoms. The molecular weight excluding hydrogens is 280 g/mol. The second-order valence-corrected chi connectivity index (χ2v) is 7.11. The Kier molecular flexibility index (Phi) is 3.34. The highest BCUT2D eigenvalue weighted by atomic mass is 79.9. The summed E-state index contributed by atoms with van der Waals surface area (Å²) in [7, 11) is 0. The summed E-state index contributed by atoms with van der Waals surface area (Å²) in [5.74, 6) is 1.47. The number of carbonyl (C=O) groups excluding carboxylic acids is 1. The Bertz CT molecular complexity index is 334. The Labute approximate surface area is 100 Å². The van der Waals surface area contributed by atoms with Crippen molar-refractivity contribution >= 4 is 44.8 Å². The average molecular weight is 291 g/mol. The van der Waals surface area contributed by atoms with Crippen LogP contribution in [0.4, 0.5) is 0 Å². The molecule has 1 atom stereocenters. The third kappa shape index (κ3) is 2.07. The fourth-order valence-electron chi connectivity index (χ4n) is 1.52. The van der Waals surface area contributed by atoms with Gasteiger partial charge in [0.2, 0.25) is 0 Å². The first-order valence-electron chi connectivity index (χ1n) is 4.60. The van der Waals surface area contributed by atoms with E-state index in [1.165, 1.54) is 12.0 Å². The topological polar surface area (TPSA) is 17.1 Å². The molecule has 0 aliphatic carbocycles. The molecule has 1 unspecified atom stereocenters. The number of thiophene rings is 1. The van der Waals surface area contributed by atoms with Crippen LogP contribution in [0.25, 0.3) is 0 Å². The summed E-state index contributed by atoms with van der Waals surface area (Å²) >= 11 is 6.82. The van der Waals surface area contributed by atoms with E-state index in [9.17, 15) is 4.79 Å². The van der Waals surface area contributed by atoms with Crippen molar-refractivity contribution in [2.24, 2.45) is 0 Å². The van der Waals surface area contributed by atoms with Gasteiger partial charge in [0.15, 0.2) is 5.78 Å². The van der Waals surface area contributed by atoms with Gasteiger partial charge < -0.3 is 0 Å². The van der Waals surface area contributed by atoms with E-state index in [2.05, 4.69) is 15.9 Å². The SMILES string of the molecule is Cc1cc(C(=O)C2CCCS2)sc1Br. The van der Waals surface area contributed by atoms with Crippen LogP contribution in [-0.2, 0) is 0 Å². The summed E-state index contributed by atoms with van der Waals surface area (Å²) in [5.41, 5.74) is 1.17. The lowest BCUT2D eigenvalue weighted by atomic mass is 10.1. The molecule has 0 N–H and O–H groups in total. The first kappa shape index (κ1) is 10.7. The molecule has 4 heteroatoms.